The Morgan fingerprint density at radius 2 is 2.14 bits per heavy atom. The van der Waals surface area contributed by atoms with Gasteiger partial charge in [-0.05, 0) is 6.07 Å². The number of rotatable bonds is 2. The standard InChI is InChI=1S/C10H8N2O2/c1-7(10(13)14)12-9-5-3-2-4-8(9)6-11-12/h2-6H,1H2,(H,13,14). The van der Waals surface area contributed by atoms with Gasteiger partial charge in [0.1, 0.15) is 5.70 Å². The molecule has 2 aromatic rings. The van der Waals surface area contributed by atoms with Crippen molar-refractivity contribution in [1.29, 1.82) is 0 Å². The number of aromatic nitrogens is 2. The average Bonchev–Trinajstić information content (AvgIpc) is 2.60. The first-order valence-electron chi connectivity index (χ1n) is 4.05. The Morgan fingerprint density at radius 1 is 1.43 bits per heavy atom. The molecule has 0 aliphatic heterocycles. The van der Waals surface area contributed by atoms with E-state index in [2.05, 4.69) is 11.7 Å². The van der Waals surface area contributed by atoms with E-state index in [-0.39, 0.29) is 5.70 Å². The fourth-order valence-corrected chi connectivity index (χ4v) is 1.28. The molecule has 0 bridgehead atoms. The van der Waals surface area contributed by atoms with Gasteiger partial charge in [-0.2, -0.15) is 5.10 Å². The van der Waals surface area contributed by atoms with E-state index in [1.165, 1.54) is 4.68 Å². The molecule has 0 spiro atoms. The lowest BCUT2D eigenvalue weighted by Gasteiger charge is -2.00. The summed E-state index contributed by atoms with van der Waals surface area (Å²) in [5, 5.41) is 13.6. The summed E-state index contributed by atoms with van der Waals surface area (Å²) in [4.78, 5) is 10.7. The largest absolute Gasteiger partial charge is 0.477 e. The van der Waals surface area contributed by atoms with Gasteiger partial charge in [0.05, 0.1) is 11.7 Å². The lowest BCUT2D eigenvalue weighted by atomic mass is 10.2. The van der Waals surface area contributed by atoms with Crippen LogP contribution in [0.5, 0.6) is 0 Å². The van der Waals surface area contributed by atoms with Crippen LogP contribution in [0, 0.1) is 0 Å². The SMILES string of the molecule is C=C(C(=O)O)n1ncc2ccccc21. The molecule has 70 valence electrons. The molecule has 0 unspecified atom stereocenters. The van der Waals surface area contributed by atoms with Gasteiger partial charge in [-0.25, -0.2) is 9.48 Å². The van der Waals surface area contributed by atoms with Crippen LogP contribution in [0.3, 0.4) is 0 Å². The molecular formula is C10H8N2O2. The van der Waals surface area contributed by atoms with Crippen molar-refractivity contribution in [1.82, 2.24) is 9.78 Å². The van der Waals surface area contributed by atoms with Crippen molar-refractivity contribution < 1.29 is 9.90 Å². The van der Waals surface area contributed by atoms with E-state index < -0.39 is 5.97 Å². The zero-order valence-corrected chi connectivity index (χ0v) is 7.34. The molecule has 0 aliphatic rings. The maximum atomic E-state index is 10.7. The lowest BCUT2D eigenvalue weighted by molar-refractivity contribution is -0.130. The van der Waals surface area contributed by atoms with Crippen molar-refractivity contribution in [3.8, 4) is 0 Å². The number of hydrogen-bond donors (Lipinski definition) is 1. The number of carboxylic acids is 1. The molecule has 14 heavy (non-hydrogen) atoms. The van der Waals surface area contributed by atoms with Crippen molar-refractivity contribution in [2.45, 2.75) is 0 Å². The van der Waals surface area contributed by atoms with Crippen molar-refractivity contribution in [2.75, 3.05) is 0 Å². The van der Waals surface area contributed by atoms with Crippen LogP contribution in [0.25, 0.3) is 16.6 Å². The van der Waals surface area contributed by atoms with Crippen molar-refractivity contribution in [2.24, 2.45) is 0 Å². The topological polar surface area (TPSA) is 55.1 Å². The average molecular weight is 188 g/mol. The van der Waals surface area contributed by atoms with Gasteiger partial charge < -0.3 is 5.11 Å². The van der Waals surface area contributed by atoms with Gasteiger partial charge in [0.2, 0.25) is 0 Å². The van der Waals surface area contributed by atoms with E-state index >= 15 is 0 Å². The fraction of sp³-hybridized carbons (Fsp3) is 0. The summed E-state index contributed by atoms with van der Waals surface area (Å²) in [7, 11) is 0. The van der Waals surface area contributed by atoms with Gasteiger partial charge in [-0.3, -0.25) is 0 Å². The second kappa shape index (κ2) is 2.99. The predicted molar refractivity (Wildman–Crippen MR) is 52.7 cm³/mol. The Labute approximate surface area is 80.1 Å². The van der Waals surface area contributed by atoms with E-state index in [0.717, 1.165) is 10.9 Å². The maximum Gasteiger partial charge on any atom is 0.353 e. The molecule has 1 N–H and O–H groups in total. The van der Waals surface area contributed by atoms with Gasteiger partial charge >= 0.3 is 5.97 Å². The number of fused-ring (bicyclic) bond motifs is 1. The number of carbonyl (C=O) groups is 1. The van der Waals surface area contributed by atoms with E-state index in [9.17, 15) is 4.79 Å². The van der Waals surface area contributed by atoms with Crippen LogP contribution in [0.4, 0.5) is 0 Å². The zero-order valence-electron chi connectivity index (χ0n) is 7.34. The molecule has 0 saturated heterocycles. The second-order valence-electron chi connectivity index (χ2n) is 2.87. The number of carboxylic acid groups (broad SMARTS) is 1. The van der Waals surface area contributed by atoms with Crippen LogP contribution in [-0.2, 0) is 4.79 Å². The second-order valence-corrected chi connectivity index (χ2v) is 2.87. The van der Waals surface area contributed by atoms with Crippen molar-refractivity contribution >= 4 is 22.6 Å². The molecule has 0 radical (unpaired) electrons. The molecule has 1 aromatic carbocycles. The quantitative estimate of drug-likeness (QED) is 0.728. The van der Waals surface area contributed by atoms with Gasteiger partial charge in [0.15, 0.2) is 0 Å². The summed E-state index contributed by atoms with van der Waals surface area (Å²) >= 11 is 0. The molecule has 4 heteroatoms. The van der Waals surface area contributed by atoms with E-state index in [1.807, 2.05) is 18.2 Å². The van der Waals surface area contributed by atoms with Crippen LogP contribution in [0.1, 0.15) is 0 Å². The van der Waals surface area contributed by atoms with E-state index in [4.69, 9.17) is 5.11 Å². The molecule has 0 fully saturated rings. The third-order valence-corrected chi connectivity index (χ3v) is 1.98. The lowest BCUT2D eigenvalue weighted by Crippen LogP contribution is -2.07. The Hall–Kier alpha value is -2.10. The summed E-state index contributed by atoms with van der Waals surface area (Å²) in [5.41, 5.74) is 0.700. The Bertz CT molecular complexity index is 514. The molecule has 2 rings (SSSR count). The van der Waals surface area contributed by atoms with Gasteiger partial charge in [-0.15, -0.1) is 0 Å². The third kappa shape index (κ3) is 1.17. The smallest absolute Gasteiger partial charge is 0.353 e. The predicted octanol–water partition coefficient (Wildman–Crippen LogP) is 1.59. The molecule has 0 aliphatic carbocycles. The number of nitrogens with zero attached hydrogens (tertiary/aromatic N) is 2. The van der Waals surface area contributed by atoms with E-state index in [0.29, 0.717) is 0 Å². The minimum atomic E-state index is -1.07. The van der Waals surface area contributed by atoms with Crippen molar-refractivity contribution in [3.63, 3.8) is 0 Å². The highest BCUT2D eigenvalue weighted by Gasteiger charge is 2.10. The third-order valence-electron chi connectivity index (χ3n) is 1.98. The first-order chi connectivity index (χ1) is 6.70. The molecular weight excluding hydrogens is 180 g/mol. The molecule has 1 heterocycles. The maximum absolute atomic E-state index is 10.7. The Kier molecular flexibility index (Phi) is 1.81. The fourth-order valence-electron chi connectivity index (χ4n) is 1.28. The number of para-hydroxylation sites is 1. The van der Waals surface area contributed by atoms with Crippen molar-refractivity contribution in [3.05, 3.63) is 37.0 Å². The van der Waals surface area contributed by atoms with Gasteiger partial charge in [0.25, 0.3) is 0 Å². The summed E-state index contributed by atoms with van der Waals surface area (Å²) in [6.07, 6.45) is 1.61. The summed E-state index contributed by atoms with van der Waals surface area (Å²) < 4.78 is 1.32. The first-order valence-corrected chi connectivity index (χ1v) is 4.05. The first kappa shape index (κ1) is 8.50. The highest BCUT2D eigenvalue weighted by atomic mass is 16.4. The normalized spacial score (nSPS) is 10.3. The van der Waals surface area contributed by atoms with Crippen LogP contribution in [0.2, 0.25) is 0 Å². The van der Waals surface area contributed by atoms with Crippen LogP contribution < -0.4 is 0 Å². The Morgan fingerprint density at radius 3 is 2.86 bits per heavy atom. The summed E-state index contributed by atoms with van der Waals surface area (Å²) in [5.74, 6) is -1.07. The summed E-state index contributed by atoms with van der Waals surface area (Å²) in [6.45, 7) is 3.45. The molecule has 1 aromatic heterocycles. The highest BCUT2D eigenvalue weighted by molar-refractivity contribution is 6.09. The monoisotopic (exact) mass is 188 g/mol. The van der Waals surface area contributed by atoms with Gasteiger partial charge in [-0.1, -0.05) is 24.8 Å². The van der Waals surface area contributed by atoms with Crippen LogP contribution >= 0.6 is 0 Å². The van der Waals surface area contributed by atoms with Crippen LogP contribution in [0.15, 0.2) is 37.0 Å². The number of benzene rings is 1. The molecule has 4 nitrogen and oxygen atoms in total. The Balaban J connectivity index is 2.64. The minimum absolute atomic E-state index is 0.0498. The zero-order chi connectivity index (χ0) is 10.1. The summed E-state index contributed by atoms with van der Waals surface area (Å²) in [6, 6.07) is 7.37. The molecule has 0 atom stereocenters. The molecule has 0 amide bonds. The van der Waals surface area contributed by atoms with Crippen LogP contribution in [-0.4, -0.2) is 20.9 Å². The highest BCUT2D eigenvalue weighted by Crippen LogP contribution is 2.15. The minimum Gasteiger partial charge on any atom is -0.477 e. The van der Waals surface area contributed by atoms with E-state index in [1.54, 1.807) is 12.3 Å². The number of aliphatic carboxylic acids is 1. The number of hydrogen-bond acceptors (Lipinski definition) is 2. The van der Waals surface area contributed by atoms with Gasteiger partial charge in [0, 0.05) is 5.39 Å². The molecule has 0 saturated carbocycles.